The Labute approximate surface area is 162 Å². The molecule has 8 nitrogen and oxygen atoms in total. The van der Waals surface area contributed by atoms with Crippen LogP contribution in [0.2, 0.25) is 0 Å². The second kappa shape index (κ2) is 9.67. The number of nitrogens with one attached hydrogen (secondary N) is 2. The second-order valence-electron chi connectivity index (χ2n) is 5.67. The molecule has 0 fully saturated rings. The number of thioether (sulfide) groups is 1. The van der Waals surface area contributed by atoms with Gasteiger partial charge in [0.1, 0.15) is 10.7 Å². The van der Waals surface area contributed by atoms with E-state index in [9.17, 15) is 9.59 Å². The van der Waals surface area contributed by atoms with Gasteiger partial charge in [-0.1, -0.05) is 19.1 Å². The van der Waals surface area contributed by atoms with Gasteiger partial charge in [-0.3, -0.25) is 19.9 Å². The smallest absolute Gasteiger partial charge is 0.275 e. The molecule has 0 bridgehead atoms. The van der Waals surface area contributed by atoms with Crippen molar-refractivity contribution in [1.29, 1.82) is 5.41 Å². The summed E-state index contributed by atoms with van der Waals surface area (Å²) in [6, 6.07) is 7.23. The van der Waals surface area contributed by atoms with E-state index >= 15 is 0 Å². The van der Waals surface area contributed by atoms with Gasteiger partial charge in [0.2, 0.25) is 5.91 Å². The molecule has 142 valence electrons. The Balaban J connectivity index is 1.97. The Bertz CT molecular complexity index is 825. The largest absolute Gasteiger partial charge is 0.370 e. The Morgan fingerprint density at radius 1 is 1.30 bits per heavy atom. The summed E-state index contributed by atoms with van der Waals surface area (Å²) in [6.07, 6.45) is 3.72. The number of guanidine groups is 1. The number of amides is 2. The van der Waals surface area contributed by atoms with Crippen molar-refractivity contribution in [2.24, 2.45) is 5.73 Å². The zero-order valence-corrected chi connectivity index (χ0v) is 16.0. The van der Waals surface area contributed by atoms with Crippen molar-refractivity contribution in [3.8, 4) is 0 Å². The van der Waals surface area contributed by atoms with Gasteiger partial charge in [0, 0.05) is 19.2 Å². The van der Waals surface area contributed by atoms with Crippen LogP contribution in [-0.4, -0.2) is 45.4 Å². The predicted molar refractivity (Wildman–Crippen MR) is 106 cm³/mol. The number of hydrogen-bond donors (Lipinski definition) is 3. The van der Waals surface area contributed by atoms with Crippen LogP contribution in [0.1, 0.15) is 29.4 Å². The van der Waals surface area contributed by atoms with Crippen LogP contribution in [0, 0.1) is 5.41 Å². The number of hydrogen-bond acceptors (Lipinski definition) is 6. The molecule has 0 spiro atoms. The van der Waals surface area contributed by atoms with Gasteiger partial charge in [0.25, 0.3) is 5.91 Å². The van der Waals surface area contributed by atoms with Crippen LogP contribution >= 0.6 is 11.8 Å². The summed E-state index contributed by atoms with van der Waals surface area (Å²) in [5, 5.41) is 10.8. The summed E-state index contributed by atoms with van der Waals surface area (Å²) in [5.74, 6) is 0.0142. The first-order valence-corrected chi connectivity index (χ1v) is 9.35. The maximum Gasteiger partial charge on any atom is 0.275 e. The molecule has 2 rings (SSSR count). The summed E-state index contributed by atoms with van der Waals surface area (Å²) in [6.45, 7) is 2.02. The molecule has 1 aromatic heterocycles. The quantitative estimate of drug-likeness (QED) is 0.380. The van der Waals surface area contributed by atoms with E-state index in [1.54, 1.807) is 36.2 Å². The molecule has 9 heteroatoms. The molecule has 0 unspecified atom stereocenters. The Kier molecular flexibility index (Phi) is 7.30. The van der Waals surface area contributed by atoms with Crippen molar-refractivity contribution in [1.82, 2.24) is 14.9 Å². The molecule has 0 atom stereocenters. The molecule has 0 radical (unpaired) electrons. The maximum absolute atomic E-state index is 12.3. The van der Waals surface area contributed by atoms with Crippen LogP contribution in [0.5, 0.6) is 0 Å². The van der Waals surface area contributed by atoms with Gasteiger partial charge in [-0.2, -0.15) is 0 Å². The fourth-order valence-electron chi connectivity index (χ4n) is 2.21. The molecular formula is C18H22N6O2S. The third kappa shape index (κ3) is 6.07. The van der Waals surface area contributed by atoms with Crippen molar-refractivity contribution in [3.63, 3.8) is 0 Å². The van der Waals surface area contributed by atoms with E-state index in [4.69, 9.17) is 11.1 Å². The number of carbonyl (C=O) groups excluding carboxylic acids is 2. The number of nitrogens with two attached hydrogens (primary N) is 1. The lowest BCUT2D eigenvalue weighted by Gasteiger charge is -2.14. The summed E-state index contributed by atoms with van der Waals surface area (Å²) < 4.78 is 0. The van der Waals surface area contributed by atoms with E-state index in [2.05, 4.69) is 15.3 Å². The molecule has 1 aromatic carbocycles. The molecule has 0 saturated carbocycles. The molecule has 0 saturated heterocycles. The first-order chi connectivity index (χ1) is 12.9. The summed E-state index contributed by atoms with van der Waals surface area (Å²) in [7, 11) is 1.46. The van der Waals surface area contributed by atoms with E-state index in [1.807, 2.05) is 13.0 Å². The number of nitrogens with zero attached hydrogens (tertiary/aromatic N) is 3. The SMILES string of the molecule is CCSc1cnc(C(=O)Nc2cccc(CCC(=O)N(C)C(=N)N)c2)cn1. The van der Waals surface area contributed by atoms with E-state index in [0.29, 0.717) is 12.1 Å². The highest BCUT2D eigenvalue weighted by Gasteiger charge is 2.12. The normalized spacial score (nSPS) is 10.3. The van der Waals surface area contributed by atoms with Gasteiger partial charge in [-0.15, -0.1) is 11.8 Å². The molecule has 0 aliphatic heterocycles. The van der Waals surface area contributed by atoms with E-state index in [0.717, 1.165) is 21.2 Å². The average molecular weight is 386 g/mol. The van der Waals surface area contributed by atoms with E-state index in [-0.39, 0.29) is 29.9 Å². The topological polar surface area (TPSA) is 125 Å². The standard InChI is InChI=1S/C18H22N6O2S/c1-3-27-15-11-21-14(10-22-15)17(26)23-13-6-4-5-12(9-13)7-8-16(25)24(2)18(19)20/h4-6,9-11H,3,7-8H2,1-2H3,(H3,19,20)(H,23,26). The number of aromatic nitrogens is 2. The van der Waals surface area contributed by atoms with Crippen molar-refractivity contribution >= 4 is 35.2 Å². The first kappa shape index (κ1) is 20.4. The molecule has 2 aromatic rings. The lowest BCUT2D eigenvalue weighted by molar-refractivity contribution is -0.126. The van der Waals surface area contributed by atoms with Crippen molar-refractivity contribution in [2.45, 2.75) is 24.8 Å². The fraction of sp³-hybridized carbons (Fsp3) is 0.278. The zero-order chi connectivity index (χ0) is 19.8. The Morgan fingerprint density at radius 2 is 2.07 bits per heavy atom. The number of carbonyl (C=O) groups is 2. The molecule has 1 heterocycles. The summed E-state index contributed by atoms with van der Waals surface area (Å²) >= 11 is 1.56. The molecule has 4 N–H and O–H groups in total. The highest BCUT2D eigenvalue weighted by atomic mass is 32.2. The first-order valence-electron chi connectivity index (χ1n) is 8.36. The fourth-order valence-corrected chi connectivity index (χ4v) is 2.76. The minimum absolute atomic E-state index is 0.218. The number of benzene rings is 1. The molecule has 2 amide bonds. The average Bonchev–Trinajstić information content (AvgIpc) is 2.66. The van der Waals surface area contributed by atoms with Crippen LogP contribution in [-0.2, 0) is 11.2 Å². The molecular weight excluding hydrogens is 364 g/mol. The predicted octanol–water partition coefficient (Wildman–Crippen LogP) is 2.13. The molecule has 0 aliphatic rings. The third-order valence-corrected chi connectivity index (χ3v) is 4.50. The van der Waals surface area contributed by atoms with E-state index in [1.165, 1.54) is 13.2 Å². The van der Waals surface area contributed by atoms with Gasteiger partial charge < -0.3 is 11.1 Å². The summed E-state index contributed by atoms with van der Waals surface area (Å²) in [4.78, 5) is 33.6. The highest BCUT2D eigenvalue weighted by molar-refractivity contribution is 7.99. The monoisotopic (exact) mass is 386 g/mol. The van der Waals surface area contributed by atoms with Gasteiger partial charge in [-0.05, 0) is 29.9 Å². The van der Waals surface area contributed by atoms with Crippen LogP contribution in [0.15, 0.2) is 41.7 Å². The maximum atomic E-state index is 12.3. The van der Waals surface area contributed by atoms with Gasteiger partial charge >= 0.3 is 0 Å². The van der Waals surface area contributed by atoms with Crippen LogP contribution in [0.4, 0.5) is 5.69 Å². The Morgan fingerprint density at radius 3 is 2.70 bits per heavy atom. The van der Waals surface area contributed by atoms with Crippen molar-refractivity contribution in [3.05, 3.63) is 47.9 Å². The van der Waals surface area contributed by atoms with Crippen molar-refractivity contribution in [2.75, 3.05) is 18.1 Å². The van der Waals surface area contributed by atoms with Crippen LogP contribution in [0.25, 0.3) is 0 Å². The third-order valence-electron chi connectivity index (χ3n) is 3.70. The number of anilines is 1. The van der Waals surface area contributed by atoms with Crippen LogP contribution in [0.3, 0.4) is 0 Å². The zero-order valence-electron chi connectivity index (χ0n) is 15.2. The highest BCUT2D eigenvalue weighted by Crippen LogP contribution is 2.15. The summed E-state index contributed by atoms with van der Waals surface area (Å²) in [5.41, 5.74) is 7.03. The van der Waals surface area contributed by atoms with Gasteiger partial charge in [0.05, 0.1) is 12.4 Å². The molecule has 0 aliphatic carbocycles. The van der Waals surface area contributed by atoms with Crippen LogP contribution < -0.4 is 11.1 Å². The van der Waals surface area contributed by atoms with Crippen molar-refractivity contribution < 1.29 is 9.59 Å². The Hall–Kier alpha value is -2.94. The number of rotatable bonds is 7. The second-order valence-corrected chi connectivity index (χ2v) is 6.95. The number of aryl methyl sites for hydroxylation is 1. The minimum Gasteiger partial charge on any atom is -0.370 e. The molecule has 27 heavy (non-hydrogen) atoms. The van der Waals surface area contributed by atoms with E-state index < -0.39 is 0 Å². The lowest BCUT2D eigenvalue weighted by Crippen LogP contribution is -2.38. The van der Waals surface area contributed by atoms with Gasteiger partial charge in [0.15, 0.2) is 5.96 Å². The van der Waals surface area contributed by atoms with Gasteiger partial charge in [-0.25, -0.2) is 9.97 Å². The minimum atomic E-state index is -0.347. The lowest BCUT2D eigenvalue weighted by atomic mass is 10.1.